The Labute approximate surface area is 163 Å². The van der Waals surface area contributed by atoms with Crippen LogP contribution in [0.2, 0.25) is 0 Å². The maximum absolute atomic E-state index is 12.7. The summed E-state index contributed by atoms with van der Waals surface area (Å²) in [5.74, 6) is 0. The molecule has 2 amide bonds. The summed E-state index contributed by atoms with van der Waals surface area (Å²) < 4.78 is 0. The number of carbonyl (C=O) groups excluding carboxylic acids is 1. The first-order chi connectivity index (χ1) is 13.0. The fraction of sp³-hybridized carbons (Fsp3) is 0.435. The van der Waals surface area contributed by atoms with Crippen molar-refractivity contribution in [1.29, 1.82) is 0 Å². The smallest absolute Gasteiger partial charge is 0.321 e. The molecule has 1 aliphatic rings. The van der Waals surface area contributed by atoms with Gasteiger partial charge in [0.1, 0.15) is 0 Å². The van der Waals surface area contributed by atoms with Crippen molar-refractivity contribution in [3.8, 4) is 0 Å². The Kier molecular flexibility index (Phi) is 6.51. The molecule has 0 unspecified atom stereocenters. The number of hydrogen-bond donors (Lipinski definition) is 1. The van der Waals surface area contributed by atoms with Crippen LogP contribution in [0.1, 0.15) is 28.7 Å². The van der Waals surface area contributed by atoms with Crippen LogP contribution in [0.15, 0.2) is 42.5 Å². The van der Waals surface area contributed by atoms with Crippen molar-refractivity contribution < 1.29 is 4.79 Å². The third-order valence-corrected chi connectivity index (χ3v) is 5.35. The van der Waals surface area contributed by atoms with Crippen LogP contribution in [0, 0.1) is 20.8 Å². The average molecular weight is 366 g/mol. The summed E-state index contributed by atoms with van der Waals surface area (Å²) in [7, 11) is 0. The normalized spacial score (nSPS) is 15.0. The first-order valence-corrected chi connectivity index (χ1v) is 9.93. The summed E-state index contributed by atoms with van der Waals surface area (Å²) in [5.41, 5.74) is 5.84. The van der Waals surface area contributed by atoms with Gasteiger partial charge in [-0.05, 0) is 56.8 Å². The van der Waals surface area contributed by atoms with E-state index < -0.39 is 0 Å². The highest BCUT2D eigenvalue weighted by atomic mass is 16.2. The molecule has 0 aromatic heterocycles. The highest BCUT2D eigenvalue weighted by molar-refractivity contribution is 5.91. The van der Waals surface area contributed by atoms with Gasteiger partial charge in [-0.25, -0.2) is 4.79 Å². The molecule has 144 valence electrons. The van der Waals surface area contributed by atoms with Crippen molar-refractivity contribution in [3.63, 3.8) is 0 Å². The summed E-state index contributed by atoms with van der Waals surface area (Å²) >= 11 is 0. The number of nitrogens with one attached hydrogen (secondary N) is 1. The van der Waals surface area contributed by atoms with E-state index in [0.717, 1.165) is 62.4 Å². The van der Waals surface area contributed by atoms with E-state index in [2.05, 4.69) is 73.5 Å². The summed E-state index contributed by atoms with van der Waals surface area (Å²) in [6.07, 6.45) is 2.28. The van der Waals surface area contributed by atoms with Gasteiger partial charge in [-0.3, -0.25) is 4.90 Å². The maximum atomic E-state index is 12.7. The predicted molar refractivity (Wildman–Crippen MR) is 112 cm³/mol. The van der Waals surface area contributed by atoms with E-state index in [4.69, 9.17) is 0 Å². The summed E-state index contributed by atoms with van der Waals surface area (Å²) in [6.45, 7) is 10.8. The first-order valence-electron chi connectivity index (χ1n) is 9.93. The fourth-order valence-corrected chi connectivity index (χ4v) is 3.89. The lowest BCUT2D eigenvalue weighted by molar-refractivity contribution is 0.146. The molecule has 0 spiro atoms. The highest BCUT2D eigenvalue weighted by Gasteiger charge is 2.21. The number of aryl methyl sites for hydroxylation is 4. The lowest BCUT2D eigenvalue weighted by atomic mass is 10.1. The van der Waals surface area contributed by atoms with Crippen LogP contribution >= 0.6 is 0 Å². The zero-order valence-electron chi connectivity index (χ0n) is 16.8. The molecule has 1 N–H and O–H groups in total. The number of piperazine rings is 1. The number of carbonyl (C=O) groups is 1. The van der Waals surface area contributed by atoms with Gasteiger partial charge in [0.05, 0.1) is 0 Å². The molecule has 0 aliphatic carbocycles. The molecular weight excluding hydrogens is 334 g/mol. The Hall–Kier alpha value is -2.33. The molecule has 0 saturated carbocycles. The van der Waals surface area contributed by atoms with Crippen molar-refractivity contribution in [1.82, 2.24) is 9.80 Å². The van der Waals surface area contributed by atoms with Crippen LogP contribution in [0.4, 0.5) is 10.5 Å². The molecule has 1 saturated heterocycles. The quantitative estimate of drug-likeness (QED) is 0.853. The zero-order chi connectivity index (χ0) is 19.2. The summed E-state index contributed by atoms with van der Waals surface area (Å²) in [5, 5.41) is 3.12. The Morgan fingerprint density at radius 2 is 1.59 bits per heavy atom. The van der Waals surface area contributed by atoms with Gasteiger partial charge in [0.2, 0.25) is 0 Å². The molecule has 2 aromatic carbocycles. The number of nitrogens with zero attached hydrogens (tertiary/aromatic N) is 2. The van der Waals surface area contributed by atoms with Crippen molar-refractivity contribution in [2.24, 2.45) is 0 Å². The van der Waals surface area contributed by atoms with Crippen LogP contribution in [0.5, 0.6) is 0 Å². The Morgan fingerprint density at radius 1 is 0.963 bits per heavy atom. The van der Waals surface area contributed by atoms with Crippen molar-refractivity contribution in [2.45, 2.75) is 33.6 Å². The van der Waals surface area contributed by atoms with E-state index in [-0.39, 0.29) is 6.03 Å². The average Bonchev–Trinajstić information content (AvgIpc) is 2.66. The molecule has 4 heteroatoms. The zero-order valence-corrected chi connectivity index (χ0v) is 16.8. The Balaban J connectivity index is 1.44. The van der Waals surface area contributed by atoms with E-state index in [1.165, 1.54) is 11.1 Å². The van der Waals surface area contributed by atoms with Gasteiger partial charge in [-0.2, -0.15) is 0 Å². The van der Waals surface area contributed by atoms with E-state index in [0.29, 0.717) is 0 Å². The number of hydrogen-bond acceptors (Lipinski definition) is 2. The van der Waals surface area contributed by atoms with Gasteiger partial charge >= 0.3 is 6.03 Å². The molecule has 27 heavy (non-hydrogen) atoms. The lowest BCUT2D eigenvalue weighted by Gasteiger charge is -2.35. The molecule has 1 aliphatic heterocycles. The SMILES string of the molecule is Cc1cc(C)c(NC(=O)N2CCN(CCCc3ccccc3)CC2)c(C)c1. The van der Waals surface area contributed by atoms with Crippen molar-refractivity contribution in [2.75, 3.05) is 38.0 Å². The monoisotopic (exact) mass is 365 g/mol. The van der Waals surface area contributed by atoms with Crippen molar-refractivity contribution in [3.05, 3.63) is 64.7 Å². The summed E-state index contributed by atoms with van der Waals surface area (Å²) in [4.78, 5) is 17.1. The number of amides is 2. The van der Waals surface area contributed by atoms with Crippen LogP contribution in [-0.2, 0) is 6.42 Å². The van der Waals surface area contributed by atoms with Gasteiger partial charge in [0.25, 0.3) is 0 Å². The number of rotatable bonds is 5. The van der Waals surface area contributed by atoms with Gasteiger partial charge in [0.15, 0.2) is 0 Å². The first kappa shape index (κ1) is 19.4. The van der Waals surface area contributed by atoms with Crippen molar-refractivity contribution >= 4 is 11.7 Å². The third-order valence-electron chi connectivity index (χ3n) is 5.35. The largest absolute Gasteiger partial charge is 0.322 e. The van der Waals surface area contributed by atoms with Crippen LogP contribution in [0.3, 0.4) is 0 Å². The Bertz CT molecular complexity index is 741. The molecule has 1 heterocycles. The van der Waals surface area contributed by atoms with E-state index in [1.807, 2.05) is 4.90 Å². The minimum absolute atomic E-state index is 0.0222. The Morgan fingerprint density at radius 3 is 2.22 bits per heavy atom. The number of benzene rings is 2. The molecule has 0 atom stereocenters. The molecule has 0 bridgehead atoms. The second-order valence-electron chi connectivity index (χ2n) is 7.62. The van der Waals surface area contributed by atoms with Crippen LogP contribution in [0.25, 0.3) is 0 Å². The highest BCUT2D eigenvalue weighted by Crippen LogP contribution is 2.22. The summed E-state index contributed by atoms with van der Waals surface area (Å²) in [6, 6.07) is 14.9. The van der Waals surface area contributed by atoms with E-state index in [1.54, 1.807) is 0 Å². The van der Waals surface area contributed by atoms with Gasteiger partial charge in [-0.1, -0.05) is 48.0 Å². The number of anilines is 1. The molecule has 2 aromatic rings. The standard InChI is InChI=1S/C23H31N3O/c1-18-16-19(2)22(20(3)17-18)24-23(27)26-14-12-25(13-15-26)11-7-10-21-8-5-4-6-9-21/h4-6,8-9,16-17H,7,10-15H2,1-3H3,(H,24,27). The van der Waals surface area contributed by atoms with E-state index in [9.17, 15) is 4.79 Å². The maximum Gasteiger partial charge on any atom is 0.321 e. The van der Waals surface area contributed by atoms with Gasteiger partial charge in [0, 0.05) is 31.9 Å². The second kappa shape index (κ2) is 9.05. The lowest BCUT2D eigenvalue weighted by Crippen LogP contribution is -2.50. The minimum atomic E-state index is 0.0222. The number of urea groups is 1. The molecule has 3 rings (SSSR count). The third kappa shape index (κ3) is 5.33. The predicted octanol–water partition coefficient (Wildman–Crippen LogP) is 4.39. The van der Waals surface area contributed by atoms with Gasteiger partial charge < -0.3 is 10.2 Å². The molecule has 4 nitrogen and oxygen atoms in total. The minimum Gasteiger partial charge on any atom is -0.322 e. The molecular formula is C23H31N3O. The second-order valence-corrected chi connectivity index (χ2v) is 7.62. The fourth-order valence-electron chi connectivity index (χ4n) is 3.89. The topological polar surface area (TPSA) is 35.6 Å². The van der Waals surface area contributed by atoms with Crippen LogP contribution < -0.4 is 5.32 Å². The molecule has 1 fully saturated rings. The van der Waals surface area contributed by atoms with E-state index >= 15 is 0 Å². The van der Waals surface area contributed by atoms with Gasteiger partial charge in [-0.15, -0.1) is 0 Å². The molecule has 0 radical (unpaired) electrons. The van der Waals surface area contributed by atoms with Crippen LogP contribution in [-0.4, -0.2) is 48.6 Å².